The van der Waals surface area contributed by atoms with Gasteiger partial charge in [0.2, 0.25) is 12.7 Å². The van der Waals surface area contributed by atoms with E-state index in [9.17, 15) is 4.79 Å². The van der Waals surface area contributed by atoms with Gasteiger partial charge in [-0.3, -0.25) is 9.78 Å². The fourth-order valence-electron chi connectivity index (χ4n) is 3.33. The van der Waals surface area contributed by atoms with E-state index < -0.39 is 0 Å². The van der Waals surface area contributed by atoms with Crippen molar-refractivity contribution in [1.82, 2.24) is 9.97 Å². The molecule has 4 rings (SSSR count). The van der Waals surface area contributed by atoms with Crippen LogP contribution in [-0.4, -0.2) is 42.9 Å². The summed E-state index contributed by atoms with van der Waals surface area (Å²) in [6.45, 7) is 8.73. The van der Waals surface area contributed by atoms with Crippen LogP contribution >= 0.6 is 0 Å². The molecule has 7 nitrogen and oxygen atoms in total. The summed E-state index contributed by atoms with van der Waals surface area (Å²) in [4.78, 5) is 23.1. The summed E-state index contributed by atoms with van der Waals surface area (Å²) in [5.41, 5.74) is 2.70. The van der Waals surface area contributed by atoms with Crippen LogP contribution in [0.5, 0.6) is 11.5 Å². The number of ether oxygens (including phenoxy) is 2. The first-order chi connectivity index (χ1) is 12.1. The Kier molecular flexibility index (Phi) is 4.09. The molecule has 1 saturated heterocycles. The lowest BCUT2D eigenvalue weighted by Gasteiger charge is -2.32. The van der Waals surface area contributed by atoms with Gasteiger partial charge in [0.1, 0.15) is 6.54 Å². The first-order valence-electron chi connectivity index (χ1n) is 8.65. The average molecular weight is 343 g/mol. The van der Waals surface area contributed by atoms with Crippen LogP contribution in [0.2, 0.25) is 0 Å². The second-order valence-electron chi connectivity index (χ2n) is 6.70. The minimum Gasteiger partial charge on any atom is -0.454 e. The van der Waals surface area contributed by atoms with Gasteiger partial charge in [0.15, 0.2) is 11.5 Å². The number of aromatic nitrogens is 2. The summed E-state index contributed by atoms with van der Waals surface area (Å²) in [6, 6.07) is 6.16. The van der Waals surface area contributed by atoms with Gasteiger partial charge < -0.3 is 19.3 Å². The number of aryl methyl sites for hydroxylation is 1. The van der Waals surface area contributed by atoms with Crippen LogP contribution < -0.4 is 24.8 Å². The number of aromatic amines is 1. The number of quaternary nitrogens is 1. The van der Waals surface area contributed by atoms with E-state index in [0.717, 1.165) is 49.9 Å². The molecule has 0 amide bonds. The van der Waals surface area contributed by atoms with Gasteiger partial charge in [0.25, 0.3) is 5.56 Å². The summed E-state index contributed by atoms with van der Waals surface area (Å²) >= 11 is 0. The Morgan fingerprint density at radius 3 is 2.72 bits per heavy atom. The van der Waals surface area contributed by atoms with Crippen LogP contribution in [0.15, 0.2) is 23.0 Å². The van der Waals surface area contributed by atoms with Crippen molar-refractivity contribution in [2.75, 3.05) is 37.9 Å². The van der Waals surface area contributed by atoms with E-state index >= 15 is 0 Å². The van der Waals surface area contributed by atoms with Gasteiger partial charge in [0.05, 0.1) is 26.2 Å². The zero-order chi connectivity index (χ0) is 17.4. The molecule has 0 unspecified atom stereocenters. The van der Waals surface area contributed by atoms with Crippen molar-refractivity contribution >= 4 is 5.95 Å². The number of hydrogen-bond donors (Lipinski definition) is 2. The van der Waals surface area contributed by atoms with Crippen molar-refractivity contribution in [1.29, 1.82) is 0 Å². The van der Waals surface area contributed by atoms with Crippen LogP contribution in [0.3, 0.4) is 0 Å². The van der Waals surface area contributed by atoms with Crippen LogP contribution in [0, 0.1) is 13.8 Å². The molecule has 1 aromatic carbocycles. The Morgan fingerprint density at radius 2 is 1.96 bits per heavy atom. The third-order valence-electron chi connectivity index (χ3n) is 5.04. The van der Waals surface area contributed by atoms with Crippen molar-refractivity contribution in [2.45, 2.75) is 20.4 Å². The molecule has 2 aliphatic heterocycles. The number of nitrogens with zero attached hydrogens (tertiary/aromatic N) is 2. The van der Waals surface area contributed by atoms with Crippen LogP contribution in [-0.2, 0) is 6.54 Å². The number of rotatable bonds is 3. The number of benzene rings is 1. The summed E-state index contributed by atoms with van der Waals surface area (Å²) < 4.78 is 10.8. The van der Waals surface area contributed by atoms with Crippen molar-refractivity contribution in [3.05, 3.63) is 45.4 Å². The standard InChI is InChI=1S/C18H22N4O3/c1-12-13(2)19-18(20-17(12)23)22-7-5-21(6-8-22)10-14-3-4-15-16(9-14)25-11-24-15/h3-4,9H,5-8,10-11H2,1-2H3,(H,19,20,23)/p+1. The molecule has 0 spiro atoms. The second-order valence-corrected chi connectivity index (χ2v) is 6.70. The SMILES string of the molecule is Cc1nc(N2CC[NH+](Cc3ccc4c(c3)OCO4)CC2)[nH]c(=O)c1C. The lowest BCUT2D eigenvalue weighted by Crippen LogP contribution is -3.13. The Morgan fingerprint density at radius 1 is 1.20 bits per heavy atom. The molecule has 7 heteroatoms. The lowest BCUT2D eigenvalue weighted by atomic mass is 10.1. The van der Waals surface area contributed by atoms with Gasteiger partial charge in [-0.05, 0) is 32.0 Å². The van der Waals surface area contributed by atoms with E-state index in [1.165, 1.54) is 10.5 Å². The minimum atomic E-state index is -0.0439. The molecular formula is C18H23N4O3+. The molecule has 0 bridgehead atoms. The second kappa shape index (κ2) is 6.40. The molecule has 2 N–H and O–H groups in total. The van der Waals surface area contributed by atoms with E-state index in [-0.39, 0.29) is 5.56 Å². The van der Waals surface area contributed by atoms with Crippen molar-refractivity contribution in [3.8, 4) is 11.5 Å². The van der Waals surface area contributed by atoms with E-state index in [0.29, 0.717) is 18.3 Å². The van der Waals surface area contributed by atoms with Gasteiger partial charge in [-0.2, -0.15) is 0 Å². The van der Waals surface area contributed by atoms with Crippen molar-refractivity contribution < 1.29 is 14.4 Å². The van der Waals surface area contributed by atoms with E-state index in [1.54, 1.807) is 6.92 Å². The molecule has 1 fully saturated rings. The van der Waals surface area contributed by atoms with Gasteiger partial charge in [-0.1, -0.05) is 0 Å². The zero-order valence-corrected chi connectivity index (χ0v) is 14.6. The predicted octanol–water partition coefficient (Wildman–Crippen LogP) is 0.0205. The van der Waals surface area contributed by atoms with Gasteiger partial charge >= 0.3 is 0 Å². The summed E-state index contributed by atoms with van der Waals surface area (Å²) in [7, 11) is 0. The third-order valence-corrected chi connectivity index (χ3v) is 5.04. The largest absolute Gasteiger partial charge is 0.454 e. The maximum Gasteiger partial charge on any atom is 0.255 e. The fraction of sp³-hybridized carbons (Fsp3) is 0.444. The highest BCUT2D eigenvalue weighted by Crippen LogP contribution is 2.32. The summed E-state index contributed by atoms with van der Waals surface area (Å²) in [6.07, 6.45) is 0. The molecule has 25 heavy (non-hydrogen) atoms. The Balaban J connectivity index is 1.39. The number of H-pyrrole nitrogens is 1. The molecule has 0 aliphatic carbocycles. The monoisotopic (exact) mass is 343 g/mol. The topological polar surface area (TPSA) is 71.9 Å². The fourth-order valence-corrected chi connectivity index (χ4v) is 3.33. The number of hydrogen-bond acceptors (Lipinski definition) is 5. The Bertz CT molecular complexity index is 841. The highest BCUT2D eigenvalue weighted by atomic mass is 16.7. The lowest BCUT2D eigenvalue weighted by molar-refractivity contribution is -0.914. The van der Waals surface area contributed by atoms with E-state index in [1.807, 2.05) is 13.0 Å². The first kappa shape index (κ1) is 16.0. The van der Waals surface area contributed by atoms with Gasteiger partial charge in [-0.15, -0.1) is 0 Å². The molecule has 0 saturated carbocycles. The smallest absolute Gasteiger partial charge is 0.255 e. The normalized spacial score (nSPS) is 17.1. The maximum absolute atomic E-state index is 12.0. The van der Waals surface area contributed by atoms with E-state index in [2.05, 4.69) is 27.0 Å². The summed E-state index contributed by atoms with van der Waals surface area (Å²) in [5, 5.41) is 0. The highest BCUT2D eigenvalue weighted by molar-refractivity contribution is 5.44. The Labute approximate surface area is 146 Å². The highest BCUT2D eigenvalue weighted by Gasteiger charge is 2.23. The molecule has 0 atom stereocenters. The van der Waals surface area contributed by atoms with Crippen molar-refractivity contribution in [2.24, 2.45) is 0 Å². The third kappa shape index (κ3) is 3.19. The molecule has 132 valence electrons. The number of fused-ring (bicyclic) bond motifs is 1. The molecular weight excluding hydrogens is 320 g/mol. The Hall–Kier alpha value is -2.54. The van der Waals surface area contributed by atoms with E-state index in [4.69, 9.17) is 9.47 Å². The number of nitrogens with one attached hydrogen (secondary N) is 2. The predicted molar refractivity (Wildman–Crippen MR) is 93.5 cm³/mol. The number of anilines is 1. The first-order valence-corrected chi connectivity index (χ1v) is 8.65. The average Bonchev–Trinajstić information content (AvgIpc) is 3.08. The zero-order valence-electron chi connectivity index (χ0n) is 14.6. The molecule has 2 aromatic rings. The van der Waals surface area contributed by atoms with Crippen molar-refractivity contribution in [3.63, 3.8) is 0 Å². The van der Waals surface area contributed by atoms with Crippen LogP contribution in [0.4, 0.5) is 5.95 Å². The molecule has 2 aliphatic rings. The van der Waals surface area contributed by atoms with Crippen LogP contribution in [0.25, 0.3) is 0 Å². The number of piperazine rings is 1. The summed E-state index contributed by atoms with van der Waals surface area (Å²) in [5.74, 6) is 2.36. The van der Waals surface area contributed by atoms with Gasteiger partial charge in [-0.25, -0.2) is 4.98 Å². The molecule has 0 radical (unpaired) electrons. The quantitative estimate of drug-likeness (QED) is 0.822. The molecule has 1 aromatic heterocycles. The maximum atomic E-state index is 12.0. The van der Waals surface area contributed by atoms with Crippen LogP contribution in [0.1, 0.15) is 16.8 Å². The minimum absolute atomic E-state index is 0.0439. The molecule has 3 heterocycles. The van der Waals surface area contributed by atoms with Gasteiger partial charge in [0, 0.05) is 16.8 Å².